The maximum absolute atomic E-state index is 13.2. The molecular formula is C23H35N3O4. The van der Waals surface area contributed by atoms with Crippen molar-refractivity contribution >= 4 is 17.6 Å². The average molecular weight is 418 g/mol. The summed E-state index contributed by atoms with van der Waals surface area (Å²) in [7, 11) is 0. The molecule has 0 bridgehead atoms. The third-order valence-corrected chi connectivity index (χ3v) is 5.73. The van der Waals surface area contributed by atoms with Gasteiger partial charge in [0.1, 0.15) is 11.9 Å². The molecule has 1 fully saturated rings. The smallest absolute Gasteiger partial charge is 0.324 e. The first kappa shape index (κ1) is 22.4. The van der Waals surface area contributed by atoms with Crippen molar-refractivity contribution in [2.45, 2.75) is 58.7 Å². The van der Waals surface area contributed by atoms with E-state index in [1.165, 1.54) is 0 Å². The van der Waals surface area contributed by atoms with Crippen LogP contribution in [-0.4, -0.2) is 61.8 Å². The highest BCUT2D eigenvalue weighted by Gasteiger charge is 2.34. The van der Waals surface area contributed by atoms with Crippen LogP contribution < -0.4 is 15.0 Å². The quantitative estimate of drug-likeness (QED) is 0.690. The molecule has 166 valence electrons. The number of benzene rings is 1. The molecule has 0 spiro atoms. The van der Waals surface area contributed by atoms with Gasteiger partial charge in [-0.1, -0.05) is 19.1 Å². The number of amides is 3. The van der Waals surface area contributed by atoms with Gasteiger partial charge in [0.05, 0.1) is 18.3 Å². The number of carbonyl (C=O) groups is 2. The largest absolute Gasteiger partial charge is 0.486 e. The summed E-state index contributed by atoms with van der Waals surface area (Å²) >= 11 is 0. The van der Waals surface area contributed by atoms with Gasteiger partial charge < -0.3 is 19.7 Å². The molecule has 0 aliphatic carbocycles. The maximum atomic E-state index is 13.2. The van der Waals surface area contributed by atoms with Crippen molar-refractivity contribution in [3.05, 3.63) is 24.3 Å². The Morgan fingerprint density at radius 3 is 2.67 bits per heavy atom. The SMILES string of the molecule is CC[C@H]1CN(C(=O)N2CCC(C(=O)NCCCOC(C)C)CC2)c2ccccc2O1. The Hall–Kier alpha value is -2.28. The summed E-state index contributed by atoms with van der Waals surface area (Å²) in [4.78, 5) is 29.4. The number of ether oxygens (including phenoxy) is 2. The van der Waals surface area contributed by atoms with Gasteiger partial charge in [-0.15, -0.1) is 0 Å². The Balaban J connectivity index is 1.49. The van der Waals surface area contributed by atoms with Crippen LogP contribution in [0, 0.1) is 5.92 Å². The van der Waals surface area contributed by atoms with Crippen LogP contribution in [0.4, 0.5) is 10.5 Å². The fourth-order valence-corrected chi connectivity index (χ4v) is 3.94. The number of para-hydroxylation sites is 2. The van der Waals surface area contributed by atoms with E-state index in [0.29, 0.717) is 45.6 Å². The highest BCUT2D eigenvalue weighted by atomic mass is 16.5. The standard InChI is InChI=1S/C23H35N3O4/c1-4-19-16-26(20-8-5-6-9-21(20)30-19)23(28)25-13-10-18(11-14-25)22(27)24-12-7-15-29-17(2)3/h5-6,8-9,17-19H,4,7,10-16H2,1-3H3,(H,24,27)/t19-/m0/s1. The van der Waals surface area contributed by atoms with E-state index in [1.54, 1.807) is 0 Å². The number of piperidine rings is 1. The number of nitrogens with one attached hydrogen (secondary N) is 1. The zero-order chi connectivity index (χ0) is 21.5. The van der Waals surface area contributed by atoms with Gasteiger partial charge >= 0.3 is 6.03 Å². The van der Waals surface area contributed by atoms with Gasteiger partial charge in [0.2, 0.25) is 5.91 Å². The predicted molar refractivity (Wildman–Crippen MR) is 117 cm³/mol. The molecule has 2 aliphatic rings. The molecule has 2 heterocycles. The molecule has 1 aromatic rings. The lowest BCUT2D eigenvalue weighted by Gasteiger charge is -2.39. The average Bonchev–Trinajstić information content (AvgIpc) is 2.77. The topological polar surface area (TPSA) is 71.1 Å². The molecule has 30 heavy (non-hydrogen) atoms. The number of urea groups is 1. The first-order valence-corrected chi connectivity index (χ1v) is 11.2. The third kappa shape index (κ3) is 5.65. The van der Waals surface area contributed by atoms with Crippen molar-refractivity contribution in [3.8, 4) is 5.75 Å². The van der Waals surface area contributed by atoms with E-state index >= 15 is 0 Å². The van der Waals surface area contributed by atoms with E-state index in [4.69, 9.17) is 9.47 Å². The molecule has 1 atom stereocenters. The molecule has 1 aromatic carbocycles. The summed E-state index contributed by atoms with van der Waals surface area (Å²) in [6.45, 7) is 9.13. The van der Waals surface area contributed by atoms with Gasteiger partial charge in [0.15, 0.2) is 0 Å². The molecule has 1 N–H and O–H groups in total. The lowest BCUT2D eigenvalue weighted by molar-refractivity contribution is -0.126. The number of carbonyl (C=O) groups excluding carboxylic acids is 2. The van der Waals surface area contributed by atoms with Crippen molar-refractivity contribution in [3.63, 3.8) is 0 Å². The maximum Gasteiger partial charge on any atom is 0.324 e. The lowest BCUT2D eigenvalue weighted by atomic mass is 9.96. The minimum Gasteiger partial charge on any atom is -0.486 e. The Labute approximate surface area is 179 Å². The van der Waals surface area contributed by atoms with Crippen molar-refractivity contribution in [1.82, 2.24) is 10.2 Å². The highest BCUT2D eigenvalue weighted by Crippen LogP contribution is 2.34. The highest BCUT2D eigenvalue weighted by molar-refractivity contribution is 5.94. The van der Waals surface area contributed by atoms with Gasteiger partial charge in [0, 0.05) is 32.2 Å². The summed E-state index contributed by atoms with van der Waals surface area (Å²) in [6.07, 6.45) is 3.28. The van der Waals surface area contributed by atoms with E-state index in [1.807, 2.05) is 47.9 Å². The lowest BCUT2D eigenvalue weighted by Crippen LogP contribution is -2.52. The zero-order valence-corrected chi connectivity index (χ0v) is 18.4. The van der Waals surface area contributed by atoms with Crippen LogP contribution in [0.25, 0.3) is 0 Å². The number of rotatable bonds is 7. The summed E-state index contributed by atoms with van der Waals surface area (Å²) in [5.41, 5.74) is 0.829. The van der Waals surface area contributed by atoms with Gasteiger partial charge in [-0.3, -0.25) is 9.69 Å². The molecular weight excluding hydrogens is 382 g/mol. The molecule has 2 aliphatic heterocycles. The Kier molecular flexibility index (Phi) is 7.96. The van der Waals surface area contributed by atoms with Crippen molar-refractivity contribution in [2.24, 2.45) is 5.92 Å². The molecule has 3 rings (SSSR count). The van der Waals surface area contributed by atoms with E-state index in [9.17, 15) is 9.59 Å². The van der Waals surface area contributed by atoms with Crippen LogP contribution in [0.3, 0.4) is 0 Å². The third-order valence-electron chi connectivity index (χ3n) is 5.73. The normalized spacial score (nSPS) is 19.4. The Morgan fingerprint density at radius 2 is 1.97 bits per heavy atom. The summed E-state index contributed by atoms with van der Waals surface area (Å²) < 4.78 is 11.5. The monoisotopic (exact) mass is 417 g/mol. The summed E-state index contributed by atoms with van der Waals surface area (Å²) in [6, 6.07) is 7.72. The van der Waals surface area contributed by atoms with Crippen LogP contribution in [-0.2, 0) is 9.53 Å². The minimum absolute atomic E-state index is 0.00634. The van der Waals surface area contributed by atoms with E-state index in [0.717, 1.165) is 24.3 Å². The number of fused-ring (bicyclic) bond motifs is 1. The molecule has 7 heteroatoms. The van der Waals surface area contributed by atoms with Crippen LogP contribution in [0.2, 0.25) is 0 Å². The van der Waals surface area contributed by atoms with Crippen molar-refractivity contribution in [2.75, 3.05) is 37.7 Å². The Bertz CT molecular complexity index is 716. The second-order valence-electron chi connectivity index (χ2n) is 8.33. The van der Waals surface area contributed by atoms with Gasteiger partial charge in [-0.2, -0.15) is 0 Å². The van der Waals surface area contributed by atoms with Crippen LogP contribution in [0.5, 0.6) is 5.75 Å². The first-order valence-electron chi connectivity index (χ1n) is 11.2. The number of likely N-dealkylation sites (tertiary alicyclic amines) is 1. The fraction of sp³-hybridized carbons (Fsp3) is 0.652. The van der Waals surface area contributed by atoms with E-state index < -0.39 is 0 Å². The van der Waals surface area contributed by atoms with Gasteiger partial charge in [0.25, 0.3) is 0 Å². The van der Waals surface area contributed by atoms with Gasteiger partial charge in [-0.25, -0.2) is 4.79 Å². The number of hydrogen-bond donors (Lipinski definition) is 1. The molecule has 0 radical (unpaired) electrons. The number of hydrogen-bond acceptors (Lipinski definition) is 4. The van der Waals surface area contributed by atoms with Crippen LogP contribution >= 0.6 is 0 Å². The predicted octanol–water partition coefficient (Wildman–Crippen LogP) is 3.43. The number of anilines is 1. The molecule has 0 unspecified atom stereocenters. The van der Waals surface area contributed by atoms with Crippen LogP contribution in [0.1, 0.15) is 46.5 Å². The molecule has 3 amide bonds. The van der Waals surface area contributed by atoms with E-state index in [2.05, 4.69) is 12.2 Å². The van der Waals surface area contributed by atoms with Crippen molar-refractivity contribution < 1.29 is 19.1 Å². The number of nitrogens with zero attached hydrogens (tertiary/aromatic N) is 2. The molecule has 7 nitrogen and oxygen atoms in total. The Morgan fingerprint density at radius 1 is 1.23 bits per heavy atom. The van der Waals surface area contributed by atoms with E-state index in [-0.39, 0.29) is 30.1 Å². The zero-order valence-electron chi connectivity index (χ0n) is 18.4. The summed E-state index contributed by atoms with van der Waals surface area (Å²) in [5.74, 6) is 0.828. The van der Waals surface area contributed by atoms with Crippen molar-refractivity contribution in [1.29, 1.82) is 0 Å². The van der Waals surface area contributed by atoms with Crippen LogP contribution in [0.15, 0.2) is 24.3 Å². The minimum atomic E-state index is -0.0274. The fourth-order valence-electron chi connectivity index (χ4n) is 3.94. The molecule has 1 saturated heterocycles. The molecule has 0 aromatic heterocycles. The van der Waals surface area contributed by atoms with Gasteiger partial charge in [-0.05, 0) is 51.7 Å². The molecule has 0 saturated carbocycles. The summed E-state index contributed by atoms with van der Waals surface area (Å²) in [5, 5.41) is 3.01. The second-order valence-corrected chi connectivity index (χ2v) is 8.33. The second kappa shape index (κ2) is 10.7. The first-order chi connectivity index (χ1) is 14.5.